The monoisotopic (exact) mass is 421 g/mol. The van der Waals surface area contributed by atoms with E-state index < -0.39 is 0 Å². The van der Waals surface area contributed by atoms with E-state index in [0.29, 0.717) is 6.04 Å². The molecule has 0 radical (unpaired) electrons. The normalized spacial score (nSPS) is 19.5. The lowest BCUT2D eigenvalue weighted by molar-refractivity contribution is 0.470. The molecule has 0 aromatic heterocycles. The highest BCUT2D eigenvalue weighted by molar-refractivity contribution is 4.85. The van der Waals surface area contributed by atoms with Crippen molar-refractivity contribution < 1.29 is 0 Å². The van der Waals surface area contributed by atoms with Gasteiger partial charge in [-0.25, -0.2) is 0 Å². The van der Waals surface area contributed by atoms with Crippen molar-refractivity contribution in [1.82, 2.24) is 0 Å². The van der Waals surface area contributed by atoms with E-state index >= 15 is 0 Å². The molecule has 3 atom stereocenters. The Morgan fingerprint density at radius 2 is 0.967 bits per heavy atom. The SMILES string of the molecule is CCCCCCCC[C@@H]1C[C@@H]1CCCCCCCCC(N)CCCCCCC(C)C. The molecule has 1 heteroatoms. The average Bonchev–Trinajstić information content (AvgIpc) is 3.47. The molecular formula is C29H59N. The Morgan fingerprint density at radius 3 is 1.43 bits per heavy atom. The molecule has 1 unspecified atom stereocenters. The summed E-state index contributed by atoms with van der Waals surface area (Å²) in [6, 6.07) is 0.466. The highest BCUT2D eigenvalue weighted by atomic mass is 14.6. The summed E-state index contributed by atoms with van der Waals surface area (Å²) in [6.45, 7) is 6.97. The van der Waals surface area contributed by atoms with Crippen LogP contribution in [0.25, 0.3) is 0 Å². The van der Waals surface area contributed by atoms with Crippen molar-refractivity contribution in [3.8, 4) is 0 Å². The van der Waals surface area contributed by atoms with Crippen LogP contribution in [0.2, 0.25) is 0 Å². The van der Waals surface area contributed by atoms with Gasteiger partial charge < -0.3 is 5.73 Å². The summed E-state index contributed by atoms with van der Waals surface area (Å²) in [4.78, 5) is 0. The molecule has 0 aromatic rings. The third kappa shape index (κ3) is 17.6. The lowest BCUT2D eigenvalue weighted by Gasteiger charge is -2.11. The van der Waals surface area contributed by atoms with Crippen LogP contribution in [-0.4, -0.2) is 6.04 Å². The van der Waals surface area contributed by atoms with Crippen LogP contribution in [0.3, 0.4) is 0 Å². The van der Waals surface area contributed by atoms with Crippen molar-refractivity contribution in [3.05, 3.63) is 0 Å². The highest BCUT2D eigenvalue weighted by Gasteiger charge is 2.34. The lowest BCUT2D eigenvalue weighted by atomic mass is 9.99. The summed E-state index contributed by atoms with van der Waals surface area (Å²) >= 11 is 0. The van der Waals surface area contributed by atoms with Crippen LogP contribution in [0.5, 0.6) is 0 Å². The maximum Gasteiger partial charge on any atom is 0.00388 e. The highest BCUT2D eigenvalue weighted by Crippen LogP contribution is 2.45. The number of hydrogen-bond acceptors (Lipinski definition) is 1. The van der Waals surface area contributed by atoms with Crippen LogP contribution in [0.1, 0.15) is 162 Å². The molecule has 1 fully saturated rings. The molecule has 0 aromatic carbocycles. The molecule has 0 heterocycles. The zero-order chi connectivity index (χ0) is 21.9. The summed E-state index contributed by atoms with van der Waals surface area (Å²) in [7, 11) is 0. The van der Waals surface area contributed by atoms with Crippen molar-refractivity contribution in [3.63, 3.8) is 0 Å². The second-order valence-electron chi connectivity index (χ2n) is 11.2. The van der Waals surface area contributed by atoms with Crippen LogP contribution in [-0.2, 0) is 0 Å². The number of rotatable bonds is 23. The van der Waals surface area contributed by atoms with E-state index in [1.807, 2.05) is 0 Å². The van der Waals surface area contributed by atoms with Crippen LogP contribution < -0.4 is 5.73 Å². The molecule has 180 valence electrons. The predicted molar refractivity (Wildman–Crippen MR) is 137 cm³/mol. The molecule has 0 amide bonds. The van der Waals surface area contributed by atoms with Gasteiger partial charge in [0.05, 0.1) is 0 Å². The number of unbranched alkanes of at least 4 members (excludes halogenated alkanes) is 13. The van der Waals surface area contributed by atoms with E-state index in [1.165, 1.54) is 135 Å². The van der Waals surface area contributed by atoms with Crippen LogP contribution in [0, 0.1) is 17.8 Å². The maximum atomic E-state index is 6.32. The summed E-state index contributed by atoms with van der Waals surface area (Å²) in [5.41, 5.74) is 6.32. The topological polar surface area (TPSA) is 26.0 Å². The molecular weight excluding hydrogens is 362 g/mol. The van der Waals surface area contributed by atoms with Crippen LogP contribution in [0.4, 0.5) is 0 Å². The summed E-state index contributed by atoms with van der Waals surface area (Å²) < 4.78 is 0. The minimum atomic E-state index is 0.466. The molecule has 1 nitrogen and oxygen atoms in total. The summed E-state index contributed by atoms with van der Waals surface area (Å²) in [6.07, 6.45) is 31.5. The Labute approximate surface area is 191 Å². The fourth-order valence-corrected chi connectivity index (χ4v) is 5.18. The fourth-order valence-electron chi connectivity index (χ4n) is 5.18. The standard InChI is InChI=1S/C29H59N/c1-4-5-6-7-10-16-21-27-25-28(27)22-17-11-8-9-12-18-23-29(30)24-19-14-13-15-20-26(2)3/h26-29H,4-25,30H2,1-3H3/t27-,28+,29?/m1/s1. The summed E-state index contributed by atoms with van der Waals surface area (Å²) in [5.74, 6) is 3.10. The van der Waals surface area contributed by atoms with Crippen molar-refractivity contribution in [1.29, 1.82) is 0 Å². The Balaban J connectivity index is 1.75. The van der Waals surface area contributed by atoms with E-state index in [-0.39, 0.29) is 0 Å². The first-order chi connectivity index (χ1) is 14.6. The Hall–Kier alpha value is -0.0400. The van der Waals surface area contributed by atoms with E-state index in [2.05, 4.69) is 20.8 Å². The van der Waals surface area contributed by atoms with E-state index in [0.717, 1.165) is 17.8 Å². The van der Waals surface area contributed by atoms with Gasteiger partial charge in [0.15, 0.2) is 0 Å². The van der Waals surface area contributed by atoms with Gasteiger partial charge in [-0.05, 0) is 37.0 Å². The largest absolute Gasteiger partial charge is 0.328 e. The molecule has 1 aliphatic rings. The third-order valence-corrected chi connectivity index (χ3v) is 7.50. The molecule has 1 saturated carbocycles. The van der Waals surface area contributed by atoms with Crippen molar-refractivity contribution in [2.45, 2.75) is 168 Å². The second-order valence-corrected chi connectivity index (χ2v) is 11.2. The van der Waals surface area contributed by atoms with Gasteiger partial charge in [-0.15, -0.1) is 0 Å². The second kappa shape index (κ2) is 19.6. The average molecular weight is 422 g/mol. The molecule has 0 aliphatic heterocycles. The zero-order valence-corrected chi connectivity index (χ0v) is 21.4. The molecule has 1 rings (SSSR count). The molecule has 0 bridgehead atoms. The van der Waals surface area contributed by atoms with Gasteiger partial charge in [0.2, 0.25) is 0 Å². The van der Waals surface area contributed by atoms with Gasteiger partial charge >= 0.3 is 0 Å². The van der Waals surface area contributed by atoms with Crippen LogP contribution in [0.15, 0.2) is 0 Å². The van der Waals surface area contributed by atoms with Crippen molar-refractivity contribution in [2.75, 3.05) is 0 Å². The number of nitrogens with two attached hydrogens (primary N) is 1. The summed E-state index contributed by atoms with van der Waals surface area (Å²) in [5, 5.41) is 0. The third-order valence-electron chi connectivity index (χ3n) is 7.50. The van der Waals surface area contributed by atoms with Gasteiger partial charge in [-0.1, -0.05) is 143 Å². The molecule has 0 spiro atoms. The Morgan fingerprint density at radius 1 is 0.567 bits per heavy atom. The van der Waals surface area contributed by atoms with Gasteiger partial charge in [0.1, 0.15) is 0 Å². The fraction of sp³-hybridized carbons (Fsp3) is 1.00. The smallest absolute Gasteiger partial charge is 0.00388 e. The Kier molecular flexibility index (Phi) is 18.3. The van der Waals surface area contributed by atoms with Gasteiger partial charge in [0.25, 0.3) is 0 Å². The maximum absolute atomic E-state index is 6.32. The zero-order valence-electron chi connectivity index (χ0n) is 21.4. The first kappa shape index (κ1) is 28.0. The van der Waals surface area contributed by atoms with E-state index in [4.69, 9.17) is 5.73 Å². The number of hydrogen-bond donors (Lipinski definition) is 1. The van der Waals surface area contributed by atoms with Crippen LogP contribution >= 0.6 is 0 Å². The van der Waals surface area contributed by atoms with E-state index in [1.54, 1.807) is 6.42 Å². The Bertz CT molecular complexity index is 350. The molecule has 30 heavy (non-hydrogen) atoms. The molecule has 2 N–H and O–H groups in total. The minimum absolute atomic E-state index is 0.466. The quantitative estimate of drug-likeness (QED) is 0.163. The molecule has 1 aliphatic carbocycles. The first-order valence-electron chi connectivity index (χ1n) is 14.4. The van der Waals surface area contributed by atoms with Gasteiger partial charge in [0, 0.05) is 6.04 Å². The van der Waals surface area contributed by atoms with Gasteiger partial charge in [-0.2, -0.15) is 0 Å². The molecule has 0 saturated heterocycles. The van der Waals surface area contributed by atoms with Crippen molar-refractivity contribution in [2.24, 2.45) is 23.5 Å². The van der Waals surface area contributed by atoms with Crippen molar-refractivity contribution >= 4 is 0 Å². The van der Waals surface area contributed by atoms with Gasteiger partial charge in [-0.3, -0.25) is 0 Å². The lowest BCUT2D eigenvalue weighted by Crippen LogP contribution is -2.19. The van der Waals surface area contributed by atoms with E-state index in [9.17, 15) is 0 Å². The minimum Gasteiger partial charge on any atom is -0.328 e. The predicted octanol–water partition coefficient (Wildman–Crippen LogP) is 9.82. The first-order valence-corrected chi connectivity index (χ1v) is 14.4.